The number of non-ortho nitro benzene ring substituents is 1. The minimum Gasteiger partial charge on any atom is -0.258 e. The smallest absolute Gasteiger partial charge is 0.258 e. The van der Waals surface area contributed by atoms with E-state index in [1.54, 1.807) is 0 Å². The Bertz CT molecular complexity index is 600. The van der Waals surface area contributed by atoms with Crippen molar-refractivity contribution in [1.82, 2.24) is 4.72 Å². The SMILES string of the molecule is CC1CCCCC1NS(=O)(=O)c1cccc([N+](=O)[O-])c1. The molecule has 0 bridgehead atoms. The topological polar surface area (TPSA) is 89.3 Å². The van der Waals surface area contributed by atoms with Crippen LogP contribution in [0.4, 0.5) is 5.69 Å². The second-order valence-corrected chi connectivity index (χ2v) is 6.96. The van der Waals surface area contributed by atoms with E-state index in [0.29, 0.717) is 0 Å². The molecule has 1 aromatic rings. The van der Waals surface area contributed by atoms with Crippen LogP contribution in [0.5, 0.6) is 0 Å². The van der Waals surface area contributed by atoms with Gasteiger partial charge in [-0.1, -0.05) is 25.8 Å². The van der Waals surface area contributed by atoms with Gasteiger partial charge in [0.25, 0.3) is 5.69 Å². The number of benzene rings is 1. The number of nitro benzene ring substituents is 1. The highest BCUT2D eigenvalue weighted by Gasteiger charge is 2.27. The highest BCUT2D eigenvalue weighted by molar-refractivity contribution is 7.89. The second-order valence-electron chi connectivity index (χ2n) is 5.24. The van der Waals surface area contributed by atoms with Gasteiger partial charge in [0.2, 0.25) is 10.0 Å². The lowest BCUT2D eigenvalue weighted by atomic mass is 9.87. The summed E-state index contributed by atoms with van der Waals surface area (Å²) < 4.78 is 27.3. The van der Waals surface area contributed by atoms with Crippen LogP contribution < -0.4 is 4.72 Å². The summed E-state index contributed by atoms with van der Waals surface area (Å²) in [5.41, 5.74) is -0.218. The van der Waals surface area contributed by atoms with Gasteiger partial charge in [0, 0.05) is 18.2 Å². The van der Waals surface area contributed by atoms with Gasteiger partial charge in [0.1, 0.15) is 0 Å². The molecule has 1 aliphatic rings. The van der Waals surface area contributed by atoms with Crippen LogP contribution >= 0.6 is 0 Å². The fourth-order valence-corrected chi connectivity index (χ4v) is 3.94. The molecule has 2 rings (SSSR count). The predicted molar refractivity (Wildman–Crippen MR) is 74.8 cm³/mol. The van der Waals surface area contributed by atoms with E-state index in [1.807, 2.05) is 6.92 Å². The Morgan fingerprint density at radius 1 is 1.30 bits per heavy atom. The van der Waals surface area contributed by atoms with E-state index in [4.69, 9.17) is 0 Å². The highest BCUT2D eigenvalue weighted by atomic mass is 32.2. The maximum absolute atomic E-state index is 12.3. The molecule has 1 fully saturated rings. The fraction of sp³-hybridized carbons (Fsp3) is 0.538. The van der Waals surface area contributed by atoms with Crippen LogP contribution in [0.2, 0.25) is 0 Å². The molecule has 1 saturated carbocycles. The molecule has 0 radical (unpaired) electrons. The van der Waals surface area contributed by atoms with Crippen molar-refractivity contribution in [2.45, 2.75) is 43.5 Å². The van der Waals surface area contributed by atoms with Gasteiger partial charge in [-0.25, -0.2) is 13.1 Å². The van der Waals surface area contributed by atoms with E-state index in [0.717, 1.165) is 31.7 Å². The van der Waals surface area contributed by atoms with Gasteiger partial charge in [0.05, 0.1) is 9.82 Å². The molecule has 2 unspecified atom stereocenters. The average molecular weight is 298 g/mol. The lowest BCUT2D eigenvalue weighted by Gasteiger charge is -2.29. The van der Waals surface area contributed by atoms with E-state index in [1.165, 1.54) is 18.2 Å². The van der Waals surface area contributed by atoms with Crippen LogP contribution in [0.1, 0.15) is 32.6 Å². The number of nitro groups is 1. The van der Waals surface area contributed by atoms with E-state index >= 15 is 0 Å². The van der Waals surface area contributed by atoms with Crippen LogP contribution in [0.25, 0.3) is 0 Å². The van der Waals surface area contributed by atoms with Crippen molar-refractivity contribution >= 4 is 15.7 Å². The Morgan fingerprint density at radius 2 is 2.00 bits per heavy atom. The zero-order valence-electron chi connectivity index (χ0n) is 11.3. The normalized spacial score (nSPS) is 23.4. The Kier molecular flexibility index (Phi) is 4.39. The van der Waals surface area contributed by atoms with Crippen molar-refractivity contribution < 1.29 is 13.3 Å². The molecule has 0 aliphatic heterocycles. The molecule has 7 heteroatoms. The first-order valence-electron chi connectivity index (χ1n) is 6.67. The fourth-order valence-electron chi connectivity index (χ4n) is 2.52. The van der Waals surface area contributed by atoms with E-state index in [9.17, 15) is 18.5 Å². The summed E-state index contributed by atoms with van der Waals surface area (Å²) >= 11 is 0. The molecule has 110 valence electrons. The zero-order valence-corrected chi connectivity index (χ0v) is 12.1. The monoisotopic (exact) mass is 298 g/mol. The molecule has 1 aliphatic carbocycles. The number of hydrogen-bond acceptors (Lipinski definition) is 4. The van der Waals surface area contributed by atoms with E-state index in [-0.39, 0.29) is 22.5 Å². The van der Waals surface area contributed by atoms with Crippen LogP contribution in [-0.2, 0) is 10.0 Å². The maximum Gasteiger partial charge on any atom is 0.270 e. The number of sulfonamides is 1. The first kappa shape index (κ1) is 14.9. The van der Waals surface area contributed by atoms with Crippen molar-refractivity contribution in [3.8, 4) is 0 Å². The van der Waals surface area contributed by atoms with Crippen molar-refractivity contribution in [1.29, 1.82) is 0 Å². The highest BCUT2D eigenvalue weighted by Crippen LogP contribution is 2.26. The van der Waals surface area contributed by atoms with E-state index in [2.05, 4.69) is 4.72 Å². The molecule has 2 atom stereocenters. The van der Waals surface area contributed by atoms with Crippen molar-refractivity contribution in [3.63, 3.8) is 0 Å². The van der Waals surface area contributed by atoms with Crippen LogP contribution in [0.15, 0.2) is 29.2 Å². The van der Waals surface area contributed by atoms with Crippen LogP contribution in [0, 0.1) is 16.0 Å². The molecule has 0 spiro atoms. The largest absolute Gasteiger partial charge is 0.270 e. The standard InChI is InChI=1S/C13H18N2O4S/c1-10-5-2-3-8-13(10)14-20(18,19)12-7-4-6-11(9-12)15(16)17/h4,6-7,9-10,13-14H,2-3,5,8H2,1H3. The van der Waals surface area contributed by atoms with Crippen molar-refractivity contribution in [2.24, 2.45) is 5.92 Å². The van der Waals surface area contributed by atoms with Gasteiger partial charge in [-0.15, -0.1) is 0 Å². The Labute approximate surface area is 118 Å². The van der Waals surface area contributed by atoms with Gasteiger partial charge in [-0.2, -0.15) is 0 Å². The third-order valence-corrected chi connectivity index (χ3v) is 5.24. The molecule has 0 aromatic heterocycles. The summed E-state index contributed by atoms with van der Waals surface area (Å²) in [5.74, 6) is 0.289. The summed E-state index contributed by atoms with van der Waals surface area (Å²) in [6.45, 7) is 2.03. The quantitative estimate of drug-likeness (QED) is 0.683. The average Bonchev–Trinajstić information content (AvgIpc) is 2.41. The Hall–Kier alpha value is -1.47. The molecule has 0 amide bonds. The molecule has 0 saturated heterocycles. The molecule has 6 nitrogen and oxygen atoms in total. The van der Waals surface area contributed by atoms with Gasteiger partial charge < -0.3 is 0 Å². The van der Waals surface area contributed by atoms with E-state index < -0.39 is 14.9 Å². The number of nitrogens with one attached hydrogen (secondary N) is 1. The summed E-state index contributed by atoms with van der Waals surface area (Å²) in [7, 11) is -3.70. The number of nitrogens with zero attached hydrogens (tertiary/aromatic N) is 1. The van der Waals surface area contributed by atoms with Gasteiger partial charge >= 0.3 is 0 Å². The number of hydrogen-bond donors (Lipinski definition) is 1. The van der Waals surface area contributed by atoms with Crippen molar-refractivity contribution in [2.75, 3.05) is 0 Å². The second kappa shape index (κ2) is 5.88. The van der Waals surface area contributed by atoms with Crippen molar-refractivity contribution in [3.05, 3.63) is 34.4 Å². The van der Waals surface area contributed by atoms with Gasteiger partial charge in [-0.05, 0) is 24.8 Å². The van der Waals surface area contributed by atoms with Gasteiger partial charge in [-0.3, -0.25) is 10.1 Å². The lowest BCUT2D eigenvalue weighted by Crippen LogP contribution is -2.40. The van der Waals surface area contributed by atoms with Gasteiger partial charge in [0.15, 0.2) is 0 Å². The zero-order chi connectivity index (χ0) is 14.8. The summed E-state index contributed by atoms with van der Waals surface area (Å²) in [6, 6.07) is 5.05. The number of rotatable bonds is 4. The lowest BCUT2D eigenvalue weighted by molar-refractivity contribution is -0.385. The molecular weight excluding hydrogens is 280 g/mol. The predicted octanol–water partition coefficient (Wildman–Crippen LogP) is 2.45. The Morgan fingerprint density at radius 3 is 2.65 bits per heavy atom. The first-order valence-corrected chi connectivity index (χ1v) is 8.15. The molecule has 0 heterocycles. The van der Waals surface area contributed by atoms with Crippen LogP contribution in [-0.4, -0.2) is 19.4 Å². The van der Waals surface area contributed by atoms with Crippen LogP contribution in [0.3, 0.4) is 0 Å². The maximum atomic E-state index is 12.3. The Balaban J connectivity index is 2.21. The summed E-state index contributed by atoms with van der Waals surface area (Å²) in [4.78, 5) is 10.1. The molecule has 1 aromatic carbocycles. The minimum absolute atomic E-state index is 0.0514. The third-order valence-electron chi connectivity index (χ3n) is 3.76. The first-order chi connectivity index (χ1) is 9.40. The minimum atomic E-state index is -3.70. The molecular formula is C13H18N2O4S. The molecule has 20 heavy (non-hydrogen) atoms. The summed E-state index contributed by atoms with van der Waals surface area (Å²) in [5, 5.41) is 10.7. The summed E-state index contributed by atoms with van der Waals surface area (Å²) in [6.07, 6.45) is 3.94. The third kappa shape index (κ3) is 3.34. The molecule has 1 N–H and O–H groups in total.